The van der Waals surface area contributed by atoms with E-state index in [2.05, 4.69) is 32.1 Å². The number of hydrogen-bond acceptors (Lipinski definition) is 4. The summed E-state index contributed by atoms with van der Waals surface area (Å²) in [6.07, 6.45) is 10.4. The van der Waals surface area contributed by atoms with E-state index in [1.54, 1.807) is 0 Å². The van der Waals surface area contributed by atoms with Gasteiger partial charge in [-0.25, -0.2) is 0 Å². The number of Topliss-reactive ketones (excluding diaryl/α,β-unsaturated/α-hetero) is 1. The number of carbonyl (C=O) groups excluding carboxylic acids is 2. The second kappa shape index (κ2) is 8.94. The highest BCUT2D eigenvalue weighted by molar-refractivity contribution is 5.80. The van der Waals surface area contributed by atoms with E-state index in [4.69, 9.17) is 4.74 Å². The Hall–Kier alpha value is -1.42. The average Bonchev–Trinajstić information content (AvgIpc) is 2.60. The largest absolute Gasteiger partial charge is 0.462 e. The van der Waals surface area contributed by atoms with Gasteiger partial charge in [0.2, 0.25) is 0 Å². The fourth-order valence-corrected chi connectivity index (χ4v) is 5.46. The zero-order valence-corrected chi connectivity index (χ0v) is 17.8. The number of ketones is 1. The molecule has 0 unspecified atom stereocenters. The zero-order valence-electron chi connectivity index (χ0n) is 17.8. The molecule has 7 atom stereocenters. The number of rotatable bonds is 6. The fourth-order valence-electron chi connectivity index (χ4n) is 5.46. The highest BCUT2D eigenvalue weighted by Gasteiger charge is 2.40. The van der Waals surface area contributed by atoms with Crippen molar-refractivity contribution in [2.45, 2.75) is 78.4 Å². The van der Waals surface area contributed by atoms with E-state index in [1.165, 1.54) is 5.57 Å². The number of aliphatic hydroxyl groups excluding tert-OH is 1. The minimum absolute atomic E-state index is 0.0859. The van der Waals surface area contributed by atoms with E-state index in [-0.39, 0.29) is 24.4 Å². The van der Waals surface area contributed by atoms with Crippen molar-refractivity contribution >= 4 is 11.8 Å². The molecular weight excluding hydrogens is 352 g/mol. The van der Waals surface area contributed by atoms with Crippen LogP contribution in [0.25, 0.3) is 0 Å². The van der Waals surface area contributed by atoms with E-state index in [1.807, 2.05) is 13.8 Å². The van der Waals surface area contributed by atoms with Crippen molar-refractivity contribution in [3.05, 3.63) is 23.8 Å². The Morgan fingerprint density at radius 3 is 2.68 bits per heavy atom. The number of hydrogen-bond donors (Lipinski definition) is 1. The Kier molecular flexibility index (Phi) is 6.80. The summed E-state index contributed by atoms with van der Waals surface area (Å²) in [4.78, 5) is 24.2. The standard InChI is InChI=1S/C24H36O4/c1-14(2)22(26)11-18-10-15(3)9-17-6-5-16(4)21(24(17)18)8-7-20-12-19(25)13-23(27)28-20/h5-6,9,14-16,18-21,24-25H,7-8,10-13H2,1-4H3/t15-,16-,18+,19+,20+,21-,24+/m0/s1. The molecule has 1 saturated heterocycles. The number of esters is 1. The molecule has 0 bridgehead atoms. The zero-order chi connectivity index (χ0) is 20.4. The molecule has 0 aromatic rings. The van der Waals surface area contributed by atoms with Crippen LogP contribution in [0.5, 0.6) is 0 Å². The van der Waals surface area contributed by atoms with Crippen LogP contribution in [0.4, 0.5) is 0 Å². The molecule has 1 heterocycles. The highest BCUT2D eigenvalue weighted by atomic mass is 16.5. The second-order valence-corrected chi connectivity index (χ2v) is 9.66. The van der Waals surface area contributed by atoms with Gasteiger partial charge in [0.25, 0.3) is 0 Å². The Bertz CT molecular complexity index is 647. The molecule has 1 fully saturated rings. The topological polar surface area (TPSA) is 63.6 Å². The summed E-state index contributed by atoms with van der Waals surface area (Å²) >= 11 is 0. The van der Waals surface area contributed by atoms with Crippen LogP contribution in [0.2, 0.25) is 0 Å². The highest BCUT2D eigenvalue weighted by Crippen LogP contribution is 2.48. The molecular formula is C24H36O4. The molecule has 2 aliphatic carbocycles. The molecule has 0 saturated carbocycles. The Morgan fingerprint density at radius 2 is 2.00 bits per heavy atom. The average molecular weight is 389 g/mol. The van der Waals surface area contributed by atoms with Crippen molar-refractivity contribution in [1.82, 2.24) is 0 Å². The van der Waals surface area contributed by atoms with Gasteiger partial charge in [0.15, 0.2) is 0 Å². The summed E-state index contributed by atoms with van der Waals surface area (Å²) < 4.78 is 5.47. The quantitative estimate of drug-likeness (QED) is 0.682. The molecule has 3 aliphatic rings. The van der Waals surface area contributed by atoms with Crippen LogP contribution in [0.15, 0.2) is 23.8 Å². The van der Waals surface area contributed by atoms with Gasteiger partial charge in [-0.1, -0.05) is 45.9 Å². The minimum Gasteiger partial charge on any atom is -0.462 e. The van der Waals surface area contributed by atoms with Gasteiger partial charge in [-0.3, -0.25) is 9.59 Å². The third-order valence-electron chi connectivity index (χ3n) is 6.94. The molecule has 0 radical (unpaired) electrons. The maximum atomic E-state index is 12.5. The van der Waals surface area contributed by atoms with Crippen LogP contribution >= 0.6 is 0 Å². The fraction of sp³-hybridized carbons (Fsp3) is 0.750. The maximum absolute atomic E-state index is 12.5. The SMILES string of the molecule is CC(C)C(=O)C[C@H]1C[C@@H](C)C=C2C=C[C@H](C)[C@H](CC[C@@H]3C[C@@H](O)CC(=O)O3)[C@H]21. The van der Waals surface area contributed by atoms with Crippen LogP contribution in [0.1, 0.15) is 66.2 Å². The summed E-state index contributed by atoms with van der Waals surface area (Å²) in [7, 11) is 0. The predicted octanol–water partition coefficient (Wildman–Crippen LogP) is 4.47. The van der Waals surface area contributed by atoms with Gasteiger partial charge in [0, 0.05) is 18.8 Å². The molecule has 4 nitrogen and oxygen atoms in total. The summed E-state index contributed by atoms with van der Waals surface area (Å²) in [6, 6.07) is 0. The van der Waals surface area contributed by atoms with Crippen molar-refractivity contribution in [3.8, 4) is 0 Å². The third kappa shape index (κ3) is 4.94. The van der Waals surface area contributed by atoms with Crippen molar-refractivity contribution in [1.29, 1.82) is 0 Å². The van der Waals surface area contributed by atoms with E-state index in [0.29, 0.717) is 48.2 Å². The molecule has 1 aliphatic heterocycles. The van der Waals surface area contributed by atoms with Crippen LogP contribution in [0.3, 0.4) is 0 Å². The van der Waals surface area contributed by atoms with E-state index < -0.39 is 6.10 Å². The van der Waals surface area contributed by atoms with Gasteiger partial charge >= 0.3 is 5.97 Å². The molecule has 0 aromatic carbocycles. The number of carbonyl (C=O) groups is 2. The van der Waals surface area contributed by atoms with Gasteiger partial charge in [0.05, 0.1) is 12.5 Å². The molecule has 0 amide bonds. The molecule has 28 heavy (non-hydrogen) atoms. The van der Waals surface area contributed by atoms with E-state index >= 15 is 0 Å². The number of ether oxygens (including phenoxy) is 1. The number of cyclic esters (lactones) is 1. The van der Waals surface area contributed by atoms with E-state index in [9.17, 15) is 14.7 Å². The van der Waals surface area contributed by atoms with Crippen LogP contribution < -0.4 is 0 Å². The lowest BCUT2D eigenvalue weighted by Gasteiger charge is -2.44. The Balaban J connectivity index is 1.74. The van der Waals surface area contributed by atoms with Crippen LogP contribution in [-0.4, -0.2) is 29.1 Å². The third-order valence-corrected chi connectivity index (χ3v) is 6.94. The van der Waals surface area contributed by atoms with E-state index in [0.717, 1.165) is 19.3 Å². The van der Waals surface area contributed by atoms with Crippen LogP contribution in [0, 0.1) is 35.5 Å². The Labute approximate surface area is 169 Å². The van der Waals surface area contributed by atoms with Crippen molar-refractivity contribution in [2.24, 2.45) is 35.5 Å². The van der Waals surface area contributed by atoms with Crippen molar-refractivity contribution in [2.75, 3.05) is 0 Å². The van der Waals surface area contributed by atoms with Gasteiger partial charge < -0.3 is 9.84 Å². The lowest BCUT2D eigenvalue weighted by Crippen LogP contribution is -2.38. The Morgan fingerprint density at radius 1 is 1.25 bits per heavy atom. The predicted molar refractivity (Wildman–Crippen MR) is 109 cm³/mol. The number of aliphatic hydroxyl groups is 1. The first-order chi connectivity index (χ1) is 13.2. The lowest BCUT2D eigenvalue weighted by molar-refractivity contribution is -0.160. The normalized spacial score (nSPS) is 38.0. The number of allylic oxidation sites excluding steroid dienone is 4. The number of fused-ring (bicyclic) bond motifs is 1. The molecule has 1 N–H and O–H groups in total. The summed E-state index contributed by atoms with van der Waals surface area (Å²) in [5.74, 6) is 2.36. The van der Waals surface area contributed by atoms with Gasteiger partial charge in [-0.15, -0.1) is 0 Å². The molecule has 0 aromatic heterocycles. The first-order valence-electron chi connectivity index (χ1n) is 11.0. The smallest absolute Gasteiger partial charge is 0.308 e. The summed E-state index contributed by atoms with van der Waals surface area (Å²) in [5, 5.41) is 9.89. The second-order valence-electron chi connectivity index (χ2n) is 9.66. The van der Waals surface area contributed by atoms with Crippen molar-refractivity contribution in [3.63, 3.8) is 0 Å². The summed E-state index contributed by atoms with van der Waals surface area (Å²) in [5.41, 5.74) is 1.39. The molecule has 3 rings (SSSR count). The van der Waals surface area contributed by atoms with Gasteiger partial charge in [0.1, 0.15) is 11.9 Å². The monoisotopic (exact) mass is 388 g/mol. The molecule has 0 spiro atoms. The van der Waals surface area contributed by atoms with Gasteiger partial charge in [-0.2, -0.15) is 0 Å². The maximum Gasteiger partial charge on any atom is 0.308 e. The summed E-state index contributed by atoms with van der Waals surface area (Å²) in [6.45, 7) is 8.50. The molecule has 4 heteroatoms. The first kappa shape index (κ1) is 21.3. The van der Waals surface area contributed by atoms with Gasteiger partial charge in [-0.05, 0) is 54.4 Å². The van der Waals surface area contributed by atoms with Crippen LogP contribution in [-0.2, 0) is 14.3 Å². The lowest BCUT2D eigenvalue weighted by atomic mass is 9.61. The van der Waals surface area contributed by atoms with Crippen molar-refractivity contribution < 1.29 is 19.4 Å². The molecule has 156 valence electrons. The first-order valence-corrected chi connectivity index (χ1v) is 11.0. The minimum atomic E-state index is -0.572.